The first-order valence-electron chi connectivity index (χ1n) is 7.23. The van der Waals surface area contributed by atoms with Crippen LogP contribution in [0, 0.1) is 12.7 Å². The Labute approximate surface area is 129 Å². The van der Waals surface area contributed by atoms with E-state index in [1.807, 2.05) is 13.0 Å². The van der Waals surface area contributed by atoms with E-state index in [1.54, 1.807) is 12.1 Å². The molecule has 0 spiro atoms. The smallest absolute Gasteiger partial charge is 0.133 e. The minimum Gasteiger partial charge on any atom is -0.508 e. The van der Waals surface area contributed by atoms with Crippen molar-refractivity contribution in [1.82, 2.24) is 0 Å². The van der Waals surface area contributed by atoms with Crippen LogP contribution in [0.25, 0.3) is 0 Å². The summed E-state index contributed by atoms with van der Waals surface area (Å²) in [5.41, 5.74) is 2.32. The van der Waals surface area contributed by atoms with E-state index in [0.717, 1.165) is 11.1 Å². The molecule has 116 valence electrons. The zero-order valence-corrected chi connectivity index (χ0v) is 12.5. The lowest BCUT2D eigenvalue weighted by Gasteiger charge is -2.07. The molecule has 0 atom stereocenters. The van der Waals surface area contributed by atoms with E-state index >= 15 is 0 Å². The van der Waals surface area contributed by atoms with Crippen molar-refractivity contribution in [2.75, 3.05) is 0 Å². The lowest BCUT2D eigenvalue weighted by atomic mass is 9.99. The fraction of sp³-hybridized carbons (Fsp3) is 0.278. The number of ketones is 1. The first-order chi connectivity index (χ1) is 10.5. The van der Waals surface area contributed by atoms with Crippen LogP contribution in [0.5, 0.6) is 11.5 Å². The van der Waals surface area contributed by atoms with E-state index < -0.39 is 5.82 Å². The average molecular weight is 302 g/mol. The molecule has 0 amide bonds. The molecule has 2 rings (SSSR count). The Bertz CT molecular complexity index is 623. The molecule has 0 saturated heterocycles. The number of rotatable bonds is 6. The van der Waals surface area contributed by atoms with Gasteiger partial charge in [0.25, 0.3) is 0 Å². The molecule has 0 heterocycles. The second kappa shape index (κ2) is 7.07. The molecule has 0 aliphatic heterocycles. The van der Waals surface area contributed by atoms with Crippen molar-refractivity contribution >= 4 is 5.78 Å². The van der Waals surface area contributed by atoms with Crippen molar-refractivity contribution in [3.63, 3.8) is 0 Å². The molecule has 4 heteroatoms. The van der Waals surface area contributed by atoms with Gasteiger partial charge < -0.3 is 10.2 Å². The average Bonchev–Trinajstić information content (AvgIpc) is 2.49. The summed E-state index contributed by atoms with van der Waals surface area (Å²) in [6.45, 7) is 1.93. The highest BCUT2D eigenvalue weighted by Crippen LogP contribution is 2.19. The largest absolute Gasteiger partial charge is 0.508 e. The third-order valence-electron chi connectivity index (χ3n) is 3.71. The maximum absolute atomic E-state index is 13.5. The lowest BCUT2D eigenvalue weighted by Crippen LogP contribution is -2.04. The number of carbonyl (C=O) groups excluding carboxylic acids is 1. The molecule has 0 aliphatic rings. The topological polar surface area (TPSA) is 57.5 Å². The second-order valence-corrected chi connectivity index (χ2v) is 5.43. The quantitative estimate of drug-likeness (QED) is 0.856. The number of aryl methyl sites for hydroxylation is 3. The summed E-state index contributed by atoms with van der Waals surface area (Å²) < 4.78 is 13.5. The number of benzene rings is 2. The highest BCUT2D eigenvalue weighted by Gasteiger charge is 2.09. The summed E-state index contributed by atoms with van der Waals surface area (Å²) in [7, 11) is 0. The summed E-state index contributed by atoms with van der Waals surface area (Å²) in [5.74, 6) is -0.186. The first kappa shape index (κ1) is 16.0. The number of carbonyl (C=O) groups is 1. The van der Waals surface area contributed by atoms with Gasteiger partial charge in [-0.2, -0.15) is 0 Å². The molecule has 2 aromatic carbocycles. The monoisotopic (exact) mass is 302 g/mol. The molecule has 0 aliphatic carbocycles. The van der Waals surface area contributed by atoms with Crippen LogP contribution in [0.3, 0.4) is 0 Å². The highest BCUT2D eigenvalue weighted by atomic mass is 19.1. The standard InChI is InChI=1S/C18H19FO3/c1-12-2-5-16(21)10-13(12)3-6-15(20)7-4-14-11-17(22)8-9-18(14)19/h2,5,8-11,21-22H,3-4,6-7H2,1H3. The molecule has 0 unspecified atom stereocenters. The van der Waals surface area contributed by atoms with Gasteiger partial charge in [0.1, 0.15) is 23.1 Å². The first-order valence-corrected chi connectivity index (χ1v) is 7.23. The SMILES string of the molecule is Cc1ccc(O)cc1CCC(=O)CCc1cc(O)ccc1F. The molecule has 0 aromatic heterocycles. The maximum Gasteiger partial charge on any atom is 0.133 e. The zero-order valence-electron chi connectivity index (χ0n) is 12.5. The zero-order chi connectivity index (χ0) is 16.1. The Balaban J connectivity index is 1.88. The fourth-order valence-electron chi connectivity index (χ4n) is 2.35. The predicted molar refractivity (Wildman–Crippen MR) is 82.6 cm³/mol. The number of hydrogen-bond donors (Lipinski definition) is 2. The van der Waals surface area contributed by atoms with E-state index in [-0.39, 0.29) is 30.1 Å². The van der Waals surface area contributed by atoms with Gasteiger partial charge in [0.15, 0.2) is 0 Å². The molecule has 0 saturated carbocycles. The van der Waals surface area contributed by atoms with Crippen LogP contribution in [0.2, 0.25) is 0 Å². The molecule has 0 radical (unpaired) electrons. The summed E-state index contributed by atoms with van der Waals surface area (Å²) in [6.07, 6.45) is 1.42. The van der Waals surface area contributed by atoms with Crippen molar-refractivity contribution in [1.29, 1.82) is 0 Å². The van der Waals surface area contributed by atoms with E-state index in [1.165, 1.54) is 18.2 Å². The molecule has 0 bridgehead atoms. The normalized spacial score (nSPS) is 10.6. The fourth-order valence-corrected chi connectivity index (χ4v) is 2.35. The van der Waals surface area contributed by atoms with Crippen LogP contribution in [0.4, 0.5) is 4.39 Å². The van der Waals surface area contributed by atoms with Gasteiger partial charge in [0.05, 0.1) is 0 Å². The highest BCUT2D eigenvalue weighted by molar-refractivity contribution is 5.79. The lowest BCUT2D eigenvalue weighted by molar-refractivity contribution is -0.119. The molecule has 22 heavy (non-hydrogen) atoms. The predicted octanol–water partition coefficient (Wildman–Crippen LogP) is 3.68. The molecule has 2 aromatic rings. The number of phenolic OH excluding ortho intramolecular Hbond substituents is 2. The minimum absolute atomic E-state index is 0.000709. The number of hydrogen-bond acceptors (Lipinski definition) is 3. The Morgan fingerprint density at radius 2 is 1.50 bits per heavy atom. The van der Waals surface area contributed by atoms with E-state index in [4.69, 9.17) is 0 Å². The van der Waals surface area contributed by atoms with Crippen molar-refractivity contribution in [2.45, 2.75) is 32.6 Å². The van der Waals surface area contributed by atoms with Crippen LogP contribution < -0.4 is 0 Å². The van der Waals surface area contributed by atoms with Gasteiger partial charge in [-0.25, -0.2) is 4.39 Å². The molecular formula is C18H19FO3. The van der Waals surface area contributed by atoms with Gasteiger partial charge in [0.2, 0.25) is 0 Å². The van der Waals surface area contributed by atoms with Gasteiger partial charge in [-0.15, -0.1) is 0 Å². The summed E-state index contributed by atoms with van der Waals surface area (Å²) in [4.78, 5) is 11.9. The molecular weight excluding hydrogens is 283 g/mol. The molecule has 2 N–H and O–H groups in total. The van der Waals surface area contributed by atoms with Gasteiger partial charge in [-0.3, -0.25) is 4.79 Å². The Kier molecular flexibility index (Phi) is 5.15. The Morgan fingerprint density at radius 1 is 0.955 bits per heavy atom. The Morgan fingerprint density at radius 3 is 2.18 bits per heavy atom. The number of Topliss-reactive ketones (excluding diaryl/α,β-unsaturated/α-hetero) is 1. The van der Waals surface area contributed by atoms with Crippen molar-refractivity contribution < 1.29 is 19.4 Å². The van der Waals surface area contributed by atoms with Crippen LogP contribution >= 0.6 is 0 Å². The van der Waals surface area contributed by atoms with Gasteiger partial charge >= 0.3 is 0 Å². The maximum atomic E-state index is 13.5. The summed E-state index contributed by atoms with van der Waals surface area (Å²) in [6, 6.07) is 8.93. The van der Waals surface area contributed by atoms with Gasteiger partial charge in [0, 0.05) is 12.8 Å². The summed E-state index contributed by atoms with van der Waals surface area (Å²) in [5, 5.41) is 18.8. The molecule has 3 nitrogen and oxygen atoms in total. The van der Waals surface area contributed by atoms with E-state index in [0.29, 0.717) is 18.4 Å². The van der Waals surface area contributed by atoms with E-state index in [2.05, 4.69) is 0 Å². The number of phenols is 2. The second-order valence-electron chi connectivity index (χ2n) is 5.43. The third-order valence-corrected chi connectivity index (χ3v) is 3.71. The van der Waals surface area contributed by atoms with Crippen molar-refractivity contribution in [2.24, 2.45) is 0 Å². The van der Waals surface area contributed by atoms with Crippen LogP contribution in [0.1, 0.15) is 29.5 Å². The Hall–Kier alpha value is -2.36. The van der Waals surface area contributed by atoms with Gasteiger partial charge in [-0.05, 0) is 66.8 Å². The van der Waals surface area contributed by atoms with Crippen molar-refractivity contribution in [3.05, 3.63) is 58.9 Å². The number of aromatic hydroxyl groups is 2. The van der Waals surface area contributed by atoms with Crippen molar-refractivity contribution in [3.8, 4) is 11.5 Å². The third kappa shape index (κ3) is 4.32. The van der Waals surface area contributed by atoms with Crippen LogP contribution in [-0.4, -0.2) is 16.0 Å². The van der Waals surface area contributed by atoms with Crippen LogP contribution in [-0.2, 0) is 17.6 Å². The van der Waals surface area contributed by atoms with E-state index in [9.17, 15) is 19.4 Å². The molecule has 0 fully saturated rings. The summed E-state index contributed by atoms with van der Waals surface area (Å²) >= 11 is 0. The van der Waals surface area contributed by atoms with Crippen LogP contribution in [0.15, 0.2) is 36.4 Å². The van der Waals surface area contributed by atoms with Gasteiger partial charge in [-0.1, -0.05) is 6.07 Å². The minimum atomic E-state index is -0.408. The number of halogens is 1.